The van der Waals surface area contributed by atoms with Gasteiger partial charge >= 0.3 is 0 Å². The number of rotatable bonds is 3. The standard InChI is InChI=1S/C21H14ClN5/c22-17-9-6-14(7-10-17)19-20(24-13-23-19)16-8-11-18-25-26-21(27(18)12-16)15-4-2-1-3-5-15/h1-13H,(H,23,24). The van der Waals surface area contributed by atoms with E-state index in [-0.39, 0.29) is 0 Å². The van der Waals surface area contributed by atoms with Gasteiger partial charge in [-0.1, -0.05) is 54.1 Å². The van der Waals surface area contributed by atoms with Gasteiger partial charge in [-0.05, 0) is 24.3 Å². The second-order valence-corrected chi connectivity index (χ2v) is 6.61. The average Bonchev–Trinajstić information content (AvgIpc) is 3.36. The lowest BCUT2D eigenvalue weighted by atomic mass is 10.1. The Morgan fingerprint density at radius 1 is 0.778 bits per heavy atom. The number of aromatic amines is 1. The van der Waals surface area contributed by atoms with Crippen molar-refractivity contribution < 1.29 is 0 Å². The topological polar surface area (TPSA) is 58.9 Å². The van der Waals surface area contributed by atoms with Gasteiger partial charge in [0.2, 0.25) is 0 Å². The Balaban J connectivity index is 1.65. The van der Waals surface area contributed by atoms with Gasteiger partial charge in [0.1, 0.15) is 0 Å². The van der Waals surface area contributed by atoms with E-state index in [1.165, 1.54) is 0 Å². The maximum absolute atomic E-state index is 6.02. The number of imidazole rings is 1. The molecule has 0 aliphatic rings. The summed E-state index contributed by atoms with van der Waals surface area (Å²) in [5, 5.41) is 9.33. The smallest absolute Gasteiger partial charge is 0.168 e. The lowest BCUT2D eigenvalue weighted by Crippen LogP contribution is -1.92. The van der Waals surface area contributed by atoms with Crippen LogP contribution in [0.2, 0.25) is 5.02 Å². The summed E-state index contributed by atoms with van der Waals surface area (Å²) in [7, 11) is 0. The van der Waals surface area contributed by atoms with E-state index >= 15 is 0 Å². The van der Waals surface area contributed by atoms with Crippen molar-refractivity contribution in [1.82, 2.24) is 24.6 Å². The lowest BCUT2D eigenvalue weighted by Gasteiger charge is -2.06. The van der Waals surface area contributed by atoms with E-state index in [0.29, 0.717) is 5.02 Å². The molecule has 5 rings (SSSR count). The van der Waals surface area contributed by atoms with Gasteiger partial charge in [-0.3, -0.25) is 4.40 Å². The van der Waals surface area contributed by atoms with Crippen LogP contribution in [0.4, 0.5) is 0 Å². The first kappa shape index (κ1) is 15.8. The van der Waals surface area contributed by atoms with Gasteiger partial charge in [0, 0.05) is 27.9 Å². The maximum atomic E-state index is 6.02. The molecule has 0 aliphatic heterocycles. The number of nitrogens with one attached hydrogen (secondary N) is 1. The van der Waals surface area contributed by atoms with Crippen LogP contribution in [0.3, 0.4) is 0 Å². The molecule has 130 valence electrons. The number of nitrogens with zero attached hydrogens (tertiary/aromatic N) is 4. The van der Waals surface area contributed by atoms with Gasteiger partial charge in [0.05, 0.1) is 17.7 Å². The molecule has 0 saturated heterocycles. The number of hydrogen-bond donors (Lipinski definition) is 1. The highest BCUT2D eigenvalue weighted by molar-refractivity contribution is 6.30. The van der Waals surface area contributed by atoms with Gasteiger partial charge in [-0.2, -0.15) is 0 Å². The minimum atomic E-state index is 0.707. The van der Waals surface area contributed by atoms with Crippen LogP contribution in [0.5, 0.6) is 0 Å². The summed E-state index contributed by atoms with van der Waals surface area (Å²) in [6.45, 7) is 0. The zero-order valence-electron chi connectivity index (χ0n) is 14.2. The fraction of sp³-hybridized carbons (Fsp3) is 0. The van der Waals surface area contributed by atoms with E-state index in [4.69, 9.17) is 11.6 Å². The third-order valence-electron chi connectivity index (χ3n) is 4.48. The zero-order chi connectivity index (χ0) is 18.2. The molecule has 0 unspecified atom stereocenters. The van der Waals surface area contributed by atoms with Crippen molar-refractivity contribution in [2.75, 3.05) is 0 Å². The number of benzene rings is 2. The van der Waals surface area contributed by atoms with Gasteiger partial charge < -0.3 is 4.98 Å². The minimum absolute atomic E-state index is 0.707. The van der Waals surface area contributed by atoms with E-state index in [9.17, 15) is 0 Å². The van der Waals surface area contributed by atoms with Gasteiger partial charge in [0.15, 0.2) is 11.5 Å². The number of pyridine rings is 1. The average molecular weight is 372 g/mol. The van der Waals surface area contributed by atoms with Crippen LogP contribution >= 0.6 is 11.6 Å². The zero-order valence-corrected chi connectivity index (χ0v) is 14.9. The summed E-state index contributed by atoms with van der Waals surface area (Å²) >= 11 is 6.02. The van der Waals surface area contributed by atoms with Crippen molar-refractivity contribution in [1.29, 1.82) is 0 Å². The molecular weight excluding hydrogens is 358 g/mol. The lowest BCUT2D eigenvalue weighted by molar-refractivity contribution is 1.11. The third-order valence-corrected chi connectivity index (χ3v) is 4.73. The first-order valence-corrected chi connectivity index (χ1v) is 8.87. The summed E-state index contributed by atoms with van der Waals surface area (Å²) in [4.78, 5) is 7.77. The van der Waals surface area contributed by atoms with Crippen molar-refractivity contribution in [2.45, 2.75) is 0 Å². The molecule has 0 atom stereocenters. The molecule has 0 fully saturated rings. The molecule has 3 heterocycles. The van der Waals surface area contributed by atoms with E-state index in [1.807, 2.05) is 77.3 Å². The summed E-state index contributed by atoms with van der Waals surface area (Å²) in [6.07, 6.45) is 3.72. The Labute approximate surface area is 160 Å². The highest BCUT2D eigenvalue weighted by Gasteiger charge is 2.14. The first-order valence-electron chi connectivity index (χ1n) is 8.49. The van der Waals surface area contributed by atoms with Crippen LogP contribution in [0.15, 0.2) is 79.3 Å². The molecule has 0 saturated carbocycles. The molecule has 6 heteroatoms. The highest BCUT2D eigenvalue weighted by atomic mass is 35.5. The molecule has 3 aromatic heterocycles. The van der Waals surface area contributed by atoms with E-state index in [2.05, 4.69) is 20.2 Å². The van der Waals surface area contributed by atoms with Crippen LogP contribution in [-0.2, 0) is 0 Å². The Kier molecular flexibility index (Phi) is 3.73. The van der Waals surface area contributed by atoms with Crippen LogP contribution in [0.25, 0.3) is 39.5 Å². The van der Waals surface area contributed by atoms with Gasteiger partial charge in [-0.25, -0.2) is 4.98 Å². The Hall–Kier alpha value is -3.44. The van der Waals surface area contributed by atoms with Crippen LogP contribution < -0.4 is 0 Å². The highest BCUT2D eigenvalue weighted by Crippen LogP contribution is 2.30. The normalized spacial score (nSPS) is 11.1. The van der Waals surface area contributed by atoms with Crippen molar-refractivity contribution in [3.05, 3.63) is 84.3 Å². The van der Waals surface area contributed by atoms with Crippen LogP contribution in [0.1, 0.15) is 0 Å². The van der Waals surface area contributed by atoms with Crippen LogP contribution in [0, 0.1) is 0 Å². The molecule has 5 nitrogen and oxygen atoms in total. The van der Waals surface area contributed by atoms with E-state index in [1.54, 1.807) is 6.33 Å². The molecule has 0 bridgehead atoms. The van der Waals surface area contributed by atoms with Crippen LogP contribution in [-0.4, -0.2) is 24.6 Å². The molecule has 2 aromatic carbocycles. The summed E-state index contributed by atoms with van der Waals surface area (Å²) in [5.74, 6) is 0.802. The number of halogens is 1. The first-order chi connectivity index (χ1) is 13.3. The Bertz CT molecular complexity index is 1220. The molecule has 0 spiro atoms. The molecule has 0 amide bonds. The largest absolute Gasteiger partial charge is 0.344 e. The second-order valence-electron chi connectivity index (χ2n) is 6.17. The van der Waals surface area contributed by atoms with Crippen molar-refractivity contribution in [3.8, 4) is 33.9 Å². The third kappa shape index (κ3) is 2.78. The van der Waals surface area contributed by atoms with Crippen molar-refractivity contribution >= 4 is 17.2 Å². The number of fused-ring (bicyclic) bond motifs is 1. The number of H-pyrrole nitrogens is 1. The van der Waals surface area contributed by atoms with Crippen molar-refractivity contribution in [2.24, 2.45) is 0 Å². The molecule has 5 aromatic rings. The predicted molar refractivity (Wildman–Crippen MR) is 106 cm³/mol. The molecule has 1 N–H and O–H groups in total. The summed E-state index contributed by atoms with van der Waals surface area (Å²) in [6, 6.07) is 21.7. The SMILES string of the molecule is Clc1ccc(-c2[nH]cnc2-c2ccc3nnc(-c4ccccc4)n3c2)cc1. The predicted octanol–water partition coefficient (Wildman–Crippen LogP) is 5.11. The van der Waals surface area contributed by atoms with Gasteiger partial charge in [0.25, 0.3) is 0 Å². The molecule has 0 aliphatic carbocycles. The molecule has 0 radical (unpaired) electrons. The minimum Gasteiger partial charge on any atom is -0.344 e. The number of hydrogen-bond acceptors (Lipinski definition) is 3. The molecule has 27 heavy (non-hydrogen) atoms. The second kappa shape index (κ2) is 6.37. The monoisotopic (exact) mass is 371 g/mol. The number of aromatic nitrogens is 5. The Morgan fingerprint density at radius 2 is 1.56 bits per heavy atom. The van der Waals surface area contributed by atoms with Crippen molar-refractivity contribution in [3.63, 3.8) is 0 Å². The molecular formula is C21H14ClN5. The fourth-order valence-corrected chi connectivity index (χ4v) is 3.29. The fourth-order valence-electron chi connectivity index (χ4n) is 3.16. The quantitative estimate of drug-likeness (QED) is 0.479. The van der Waals surface area contributed by atoms with Gasteiger partial charge in [-0.15, -0.1) is 10.2 Å². The Morgan fingerprint density at radius 3 is 2.37 bits per heavy atom. The van der Waals surface area contributed by atoms with E-state index in [0.717, 1.165) is 39.5 Å². The summed E-state index contributed by atoms with van der Waals surface area (Å²) < 4.78 is 1.99. The van der Waals surface area contributed by atoms with E-state index < -0.39 is 0 Å². The maximum Gasteiger partial charge on any atom is 0.168 e. The summed E-state index contributed by atoms with van der Waals surface area (Å²) in [5.41, 5.74) is 5.63.